The maximum absolute atomic E-state index is 4.68. The number of benzene rings is 1. The number of pyridine rings is 1. The lowest BCUT2D eigenvalue weighted by molar-refractivity contribution is 0.786. The van der Waals surface area contributed by atoms with E-state index in [-0.39, 0.29) is 0 Å². The Labute approximate surface area is 103 Å². The van der Waals surface area contributed by atoms with Crippen LogP contribution >= 0.6 is 15.9 Å². The van der Waals surface area contributed by atoms with Crippen molar-refractivity contribution in [1.82, 2.24) is 4.98 Å². The van der Waals surface area contributed by atoms with Crippen LogP contribution < -0.4 is 5.32 Å². The third-order valence-corrected chi connectivity index (χ3v) is 3.51. The van der Waals surface area contributed by atoms with Gasteiger partial charge in [0.1, 0.15) is 5.82 Å². The number of halogens is 1. The van der Waals surface area contributed by atoms with Crippen molar-refractivity contribution in [1.29, 1.82) is 0 Å². The molecule has 0 spiro atoms. The summed E-state index contributed by atoms with van der Waals surface area (Å²) in [5, 5.41) is 4.63. The standard InChI is InChI=1S/C13H13BrN2/c14-11-4-5-12-10(8-11)7-9-3-1-2-6-15-13(9)16-12/h4-5,7-8H,1-3,6H2,(H,15,16). The fourth-order valence-corrected chi connectivity index (χ4v) is 2.56. The summed E-state index contributed by atoms with van der Waals surface area (Å²) in [6.07, 6.45) is 3.62. The van der Waals surface area contributed by atoms with Crippen molar-refractivity contribution >= 4 is 32.7 Å². The van der Waals surface area contributed by atoms with Gasteiger partial charge in [-0.1, -0.05) is 15.9 Å². The largest absolute Gasteiger partial charge is 0.370 e. The summed E-state index contributed by atoms with van der Waals surface area (Å²) < 4.78 is 1.11. The zero-order valence-electron chi connectivity index (χ0n) is 8.96. The molecule has 2 heterocycles. The topological polar surface area (TPSA) is 24.9 Å². The Morgan fingerprint density at radius 2 is 2.12 bits per heavy atom. The molecular weight excluding hydrogens is 264 g/mol. The van der Waals surface area contributed by atoms with Crippen molar-refractivity contribution < 1.29 is 0 Å². The number of nitrogens with zero attached hydrogens (tertiary/aromatic N) is 1. The van der Waals surface area contributed by atoms with Crippen molar-refractivity contribution in [3.8, 4) is 0 Å². The van der Waals surface area contributed by atoms with Gasteiger partial charge in [0, 0.05) is 16.4 Å². The molecule has 3 heteroatoms. The molecule has 3 rings (SSSR count). The molecule has 1 aromatic heterocycles. The number of nitrogens with one attached hydrogen (secondary N) is 1. The molecule has 0 saturated heterocycles. The van der Waals surface area contributed by atoms with Crippen LogP contribution in [0.15, 0.2) is 28.7 Å². The Morgan fingerprint density at radius 3 is 3.06 bits per heavy atom. The lowest BCUT2D eigenvalue weighted by atomic mass is 10.1. The van der Waals surface area contributed by atoms with E-state index in [2.05, 4.69) is 44.4 Å². The van der Waals surface area contributed by atoms with Gasteiger partial charge < -0.3 is 5.32 Å². The fourth-order valence-electron chi connectivity index (χ4n) is 2.18. The Bertz CT molecular complexity index is 537. The Hall–Kier alpha value is -1.09. The van der Waals surface area contributed by atoms with Crippen molar-refractivity contribution in [2.75, 3.05) is 11.9 Å². The first-order chi connectivity index (χ1) is 7.83. The van der Waals surface area contributed by atoms with Crippen LogP contribution in [-0.2, 0) is 6.42 Å². The molecule has 2 nitrogen and oxygen atoms in total. The van der Waals surface area contributed by atoms with E-state index >= 15 is 0 Å². The van der Waals surface area contributed by atoms with Gasteiger partial charge in [0.2, 0.25) is 0 Å². The normalized spacial score (nSPS) is 15.3. The molecule has 1 N–H and O–H groups in total. The molecule has 16 heavy (non-hydrogen) atoms. The van der Waals surface area contributed by atoms with Gasteiger partial charge in [-0.05, 0) is 49.1 Å². The molecule has 2 aromatic rings. The highest BCUT2D eigenvalue weighted by Crippen LogP contribution is 2.26. The number of anilines is 1. The third-order valence-electron chi connectivity index (χ3n) is 3.02. The molecule has 0 radical (unpaired) electrons. The summed E-state index contributed by atoms with van der Waals surface area (Å²) in [4.78, 5) is 4.68. The van der Waals surface area contributed by atoms with E-state index in [1.165, 1.54) is 23.8 Å². The van der Waals surface area contributed by atoms with Crippen molar-refractivity contribution in [3.05, 3.63) is 34.3 Å². The second kappa shape index (κ2) is 4.06. The number of fused-ring (bicyclic) bond motifs is 2. The third kappa shape index (κ3) is 1.80. The van der Waals surface area contributed by atoms with Gasteiger partial charge in [-0.25, -0.2) is 4.98 Å². The fraction of sp³-hybridized carbons (Fsp3) is 0.308. The number of aryl methyl sites for hydroxylation is 1. The molecule has 0 fully saturated rings. The van der Waals surface area contributed by atoms with E-state index < -0.39 is 0 Å². The molecule has 1 aliphatic rings. The van der Waals surface area contributed by atoms with Crippen LogP contribution in [0.25, 0.3) is 10.9 Å². The van der Waals surface area contributed by atoms with Crippen molar-refractivity contribution in [2.45, 2.75) is 19.3 Å². The van der Waals surface area contributed by atoms with E-state index in [1.54, 1.807) is 0 Å². The second-order valence-corrected chi connectivity index (χ2v) is 5.13. The van der Waals surface area contributed by atoms with E-state index in [0.29, 0.717) is 0 Å². The zero-order valence-corrected chi connectivity index (χ0v) is 10.5. The first-order valence-electron chi connectivity index (χ1n) is 5.66. The van der Waals surface area contributed by atoms with Crippen LogP contribution in [0.5, 0.6) is 0 Å². The van der Waals surface area contributed by atoms with Gasteiger partial charge >= 0.3 is 0 Å². The minimum Gasteiger partial charge on any atom is -0.370 e. The van der Waals surface area contributed by atoms with Crippen LogP contribution in [0.2, 0.25) is 0 Å². The molecule has 0 saturated carbocycles. The molecule has 0 amide bonds. The smallest absolute Gasteiger partial charge is 0.129 e. The van der Waals surface area contributed by atoms with Gasteiger partial charge in [-0.3, -0.25) is 0 Å². The van der Waals surface area contributed by atoms with Crippen molar-refractivity contribution in [3.63, 3.8) is 0 Å². The zero-order chi connectivity index (χ0) is 11.0. The highest BCUT2D eigenvalue weighted by atomic mass is 79.9. The van der Waals surface area contributed by atoms with Crippen LogP contribution in [0.1, 0.15) is 18.4 Å². The maximum Gasteiger partial charge on any atom is 0.129 e. The van der Waals surface area contributed by atoms with Crippen LogP contribution in [0, 0.1) is 0 Å². The highest BCUT2D eigenvalue weighted by Gasteiger charge is 2.09. The number of hydrogen-bond acceptors (Lipinski definition) is 2. The van der Waals surface area contributed by atoms with Gasteiger partial charge in [0.25, 0.3) is 0 Å². The van der Waals surface area contributed by atoms with Gasteiger partial charge in [-0.2, -0.15) is 0 Å². The van der Waals surface area contributed by atoms with Gasteiger partial charge in [0.15, 0.2) is 0 Å². The SMILES string of the molecule is Brc1ccc2nc3c(cc2c1)CCCCN3. The Morgan fingerprint density at radius 1 is 1.19 bits per heavy atom. The quantitative estimate of drug-likeness (QED) is 0.793. The number of rotatable bonds is 0. The first-order valence-corrected chi connectivity index (χ1v) is 6.45. The average Bonchev–Trinajstić information content (AvgIpc) is 2.50. The van der Waals surface area contributed by atoms with Crippen molar-refractivity contribution in [2.24, 2.45) is 0 Å². The Kier molecular flexibility index (Phi) is 2.56. The Balaban J connectivity index is 2.20. The van der Waals surface area contributed by atoms with Gasteiger partial charge in [-0.15, -0.1) is 0 Å². The number of aromatic nitrogens is 1. The summed E-state index contributed by atoms with van der Waals surface area (Å²) in [7, 11) is 0. The van der Waals surface area contributed by atoms with E-state index in [9.17, 15) is 0 Å². The van der Waals surface area contributed by atoms with E-state index in [1.807, 2.05) is 6.07 Å². The van der Waals surface area contributed by atoms with Gasteiger partial charge in [0.05, 0.1) is 5.52 Å². The molecule has 0 aliphatic carbocycles. The summed E-state index contributed by atoms with van der Waals surface area (Å²) in [6, 6.07) is 8.50. The summed E-state index contributed by atoms with van der Waals surface area (Å²) in [5.41, 5.74) is 2.42. The molecule has 1 aromatic carbocycles. The monoisotopic (exact) mass is 276 g/mol. The molecular formula is C13H13BrN2. The molecule has 1 aliphatic heterocycles. The minimum atomic E-state index is 1.04. The van der Waals surface area contributed by atoms with Crippen LogP contribution in [0.3, 0.4) is 0 Å². The summed E-state index contributed by atoms with van der Waals surface area (Å²) >= 11 is 3.50. The minimum absolute atomic E-state index is 1.04. The average molecular weight is 277 g/mol. The highest BCUT2D eigenvalue weighted by molar-refractivity contribution is 9.10. The van der Waals surface area contributed by atoms with Crippen LogP contribution in [-0.4, -0.2) is 11.5 Å². The molecule has 82 valence electrons. The molecule has 0 atom stereocenters. The summed E-state index contributed by atoms with van der Waals surface area (Å²) in [5.74, 6) is 1.08. The molecule has 0 bridgehead atoms. The second-order valence-electron chi connectivity index (χ2n) is 4.22. The number of hydrogen-bond donors (Lipinski definition) is 1. The van der Waals surface area contributed by atoms with Crippen LogP contribution in [0.4, 0.5) is 5.82 Å². The van der Waals surface area contributed by atoms with E-state index in [4.69, 9.17) is 0 Å². The predicted octanol–water partition coefficient (Wildman–Crippen LogP) is 3.75. The lowest BCUT2D eigenvalue weighted by Gasteiger charge is -2.08. The predicted molar refractivity (Wildman–Crippen MR) is 70.9 cm³/mol. The molecule has 0 unspecified atom stereocenters. The summed E-state index contributed by atoms with van der Waals surface area (Å²) in [6.45, 7) is 1.04. The first kappa shape index (κ1) is 10.1. The van der Waals surface area contributed by atoms with E-state index in [0.717, 1.165) is 28.8 Å². The maximum atomic E-state index is 4.68. The lowest BCUT2D eigenvalue weighted by Crippen LogP contribution is -2.02.